The van der Waals surface area contributed by atoms with Crippen LogP contribution in [0.15, 0.2) is 0 Å². The monoisotopic (exact) mass is 173 g/mol. The summed E-state index contributed by atoms with van der Waals surface area (Å²) in [6.45, 7) is 5.32. The zero-order valence-electron chi connectivity index (χ0n) is 8.35. The first-order valence-corrected chi connectivity index (χ1v) is 4.06. The van der Waals surface area contributed by atoms with Crippen molar-refractivity contribution in [3.63, 3.8) is 0 Å². The Kier molecular flexibility index (Phi) is 4.03. The molecule has 4 heteroatoms. The topological polar surface area (TPSA) is 58.4 Å². The average Bonchev–Trinajstić information content (AvgIpc) is 2.02. The molecule has 0 fully saturated rings. The minimum atomic E-state index is -0.0727. The van der Waals surface area contributed by atoms with Crippen molar-refractivity contribution in [2.24, 2.45) is 11.1 Å². The second-order valence-electron chi connectivity index (χ2n) is 3.78. The molecule has 0 aliphatic heterocycles. The summed E-state index contributed by atoms with van der Waals surface area (Å²) in [5, 5.41) is 2.56. The van der Waals surface area contributed by atoms with E-state index in [2.05, 4.69) is 5.32 Å². The van der Waals surface area contributed by atoms with E-state index < -0.39 is 0 Å². The molecule has 0 aromatic carbocycles. The van der Waals surface area contributed by atoms with Crippen LogP contribution in [0.25, 0.3) is 0 Å². The van der Waals surface area contributed by atoms with Crippen molar-refractivity contribution in [1.29, 1.82) is 0 Å². The molecule has 0 spiro atoms. The van der Waals surface area contributed by atoms with Crippen LogP contribution in [0.1, 0.15) is 13.8 Å². The third kappa shape index (κ3) is 3.57. The van der Waals surface area contributed by atoms with Gasteiger partial charge in [0.1, 0.15) is 0 Å². The van der Waals surface area contributed by atoms with Crippen LogP contribution in [-0.4, -0.2) is 38.1 Å². The van der Waals surface area contributed by atoms with Gasteiger partial charge >= 0.3 is 6.03 Å². The Balaban J connectivity index is 3.99. The molecule has 0 saturated heterocycles. The molecule has 0 aliphatic carbocycles. The highest BCUT2D eigenvalue weighted by Crippen LogP contribution is 2.13. The standard InChI is InChI=1S/C8H19N3O/c1-8(2,5-9)6-11(4)7(12)10-3/h5-6,9H2,1-4H3,(H,10,12). The van der Waals surface area contributed by atoms with E-state index in [0.717, 1.165) is 0 Å². The molecular formula is C8H19N3O. The fraction of sp³-hybridized carbons (Fsp3) is 0.875. The lowest BCUT2D eigenvalue weighted by molar-refractivity contribution is 0.187. The molecule has 0 heterocycles. The first kappa shape index (κ1) is 11.2. The number of nitrogens with one attached hydrogen (secondary N) is 1. The fourth-order valence-corrected chi connectivity index (χ4v) is 0.969. The number of carbonyl (C=O) groups excluding carboxylic acids is 1. The maximum Gasteiger partial charge on any atom is 0.316 e. The molecule has 0 aliphatic rings. The zero-order valence-corrected chi connectivity index (χ0v) is 8.35. The predicted octanol–water partition coefficient (Wildman–Crippen LogP) is 0.243. The third-order valence-corrected chi connectivity index (χ3v) is 1.78. The van der Waals surface area contributed by atoms with Gasteiger partial charge in [-0.2, -0.15) is 0 Å². The lowest BCUT2D eigenvalue weighted by Crippen LogP contribution is -2.43. The lowest BCUT2D eigenvalue weighted by atomic mass is 9.93. The van der Waals surface area contributed by atoms with E-state index >= 15 is 0 Å². The van der Waals surface area contributed by atoms with E-state index in [-0.39, 0.29) is 11.4 Å². The molecule has 0 atom stereocenters. The van der Waals surface area contributed by atoms with Gasteiger partial charge in [0.15, 0.2) is 0 Å². The average molecular weight is 173 g/mol. The van der Waals surface area contributed by atoms with E-state index in [1.165, 1.54) is 0 Å². The van der Waals surface area contributed by atoms with Crippen LogP contribution in [0.3, 0.4) is 0 Å². The smallest absolute Gasteiger partial charge is 0.316 e. The van der Waals surface area contributed by atoms with Crippen molar-refractivity contribution < 1.29 is 4.79 Å². The molecule has 72 valence electrons. The van der Waals surface area contributed by atoms with E-state index in [0.29, 0.717) is 13.1 Å². The van der Waals surface area contributed by atoms with Gasteiger partial charge in [0, 0.05) is 20.6 Å². The molecule has 2 amide bonds. The summed E-state index contributed by atoms with van der Waals surface area (Å²) in [7, 11) is 3.38. The maximum atomic E-state index is 11.1. The summed E-state index contributed by atoms with van der Waals surface area (Å²) in [5.41, 5.74) is 5.53. The minimum absolute atomic E-state index is 0.0126. The number of urea groups is 1. The highest BCUT2D eigenvalue weighted by Gasteiger charge is 2.20. The molecular weight excluding hydrogens is 154 g/mol. The van der Waals surface area contributed by atoms with Crippen LogP contribution in [0.2, 0.25) is 0 Å². The normalized spacial score (nSPS) is 11.1. The van der Waals surface area contributed by atoms with Crippen LogP contribution in [0.4, 0.5) is 4.79 Å². The largest absolute Gasteiger partial charge is 0.341 e. The quantitative estimate of drug-likeness (QED) is 0.642. The minimum Gasteiger partial charge on any atom is -0.341 e. The van der Waals surface area contributed by atoms with Crippen molar-refractivity contribution in [3.8, 4) is 0 Å². The Labute approximate surface area is 74.1 Å². The van der Waals surface area contributed by atoms with Gasteiger partial charge in [-0.15, -0.1) is 0 Å². The Morgan fingerprint density at radius 2 is 2.08 bits per heavy atom. The van der Waals surface area contributed by atoms with Gasteiger partial charge in [-0.3, -0.25) is 0 Å². The van der Waals surface area contributed by atoms with E-state index in [1.54, 1.807) is 19.0 Å². The van der Waals surface area contributed by atoms with Crippen molar-refractivity contribution in [1.82, 2.24) is 10.2 Å². The Bertz CT molecular complexity index is 156. The molecule has 0 saturated carbocycles. The van der Waals surface area contributed by atoms with Gasteiger partial charge in [0.2, 0.25) is 0 Å². The summed E-state index contributed by atoms with van der Waals surface area (Å²) in [6.07, 6.45) is 0. The summed E-state index contributed by atoms with van der Waals surface area (Å²) in [6, 6.07) is -0.0727. The molecule has 0 unspecified atom stereocenters. The van der Waals surface area contributed by atoms with Gasteiger partial charge < -0.3 is 16.0 Å². The van der Waals surface area contributed by atoms with Crippen molar-refractivity contribution >= 4 is 6.03 Å². The highest BCUT2D eigenvalue weighted by molar-refractivity contribution is 5.73. The van der Waals surface area contributed by atoms with Gasteiger partial charge in [0.25, 0.3) is 0 Å². The van der Waals surface area contributed by atoms with Gasteiger partial charge in [-0.05, 0) is 12.0 Å². The highest BCUT2D eigenvalue weighted by atomic mass is 16.2. The van der Waals surface area contributed by atoms with E-state index in [1.807, 2.05) is 13.8 Å². The first-order valence-electron chi connectivity index (χ1n) is 4.06. The predicted molar refractivity (Wildman–Crippen MR) is 49.9 cm³/mol. The second kappa shape index (κ2) is 4.30. The second-order valence-corrected chi connectivity index (χ2v) is 3.78. The molecule has 0 aromatic heterocycles. The number of amides is 2. The van der Waals surface area contributed by atoms with Crippen LogP contribution in [0.5, 0.6) is 0 Å². The van der Waals surface area contributed by atoms with Crippen molar-refractivity contribution in [2.75, 3.05) is 27.2 Å². The summed E-state index contributed by atoms with van der Waals surface area (Å²) < 4.78 is 0. The van der Waals surface area contributed by atoms with Crippen LogP contribution in [-0.2, 0) is 0 Å². The van der Waals surface area contributed by atoms with Gasteiger partial charge in [-0.25, -0.2) is 4.79 Å². The fourth-order valence-electron chi connectivity index (χ4n) is 0.969. The summed E-state index contributed by atoms with van der Waals surface area (Å²) in [4.78, 5) is 12.7. The number of rotatable bonds is 3. The third-order valence-electron chi connectivity index (χ3n) is 1.78. The molecule has 0 aromatic rings. The SMILES string of the molecule is CNC(=O)N(C)CC(C)(C)CN. The molecule has 0 radical (unpaired) electrons. The van der Waals surface area contributed by atoms with Crippen molar-refractivity contribution in [2.45, 2.75) is 13.8 Å². The molecule has 0 bridgehead atoms. The molecule has 4 nitrogen and oxygen atoms in total. The van der Waals surface area contributed by atoms with Crippen LogP contribution >= 0.6 is 0 Å². The first-order chi connectivity index (χ1) is 5.43. The Morgan fingerprint density at radius 3 is 2.42 bits per heavy atom. The number of hydrogen-bond donors (Lipinski definition) is 2. The number of hydrogen-bond acceptors (Lipinski definition) is 2. The molecule has 0 rings (SSSR count). The maximum absolute atomic E-state index is 11.1. The van der Waals surface area contributed by atoms with Crippen molar-refractivity contribution in [3.05, 3.63) is 0 Å². The Hall–Kier alpha value is -0.770. The number of nitrogens with two attached hydrogens (primary N) is 1. The van der Waals surface area contributed by atoms with Gasteiger partial charge in [0.05, 0.1) is 0 Å². The zero-order chi connectivity index (χ0) is 9.78. The summed E-state index contributed by atoms with van der Waals surface area (Å²) >= 11 is 0. The Morgan fingerprint density at radius 1 is 1.58 bits per heavy atom. The number of nitrogens with zero attached hydrogens (tertiary/aromatic N) is 1. The molecule has 3 N–H and O–H groups in total. The van der Waals surface area contributed by atoms with Gasteiger partial charge in [-0.1, -0.05) is 13.8 Å². The van der Waals surface area contributed by atoms with Crippen LogP contribution in [0, 0.1) is 5.41 Å². The van der Waals surface area contributed by atoms with Crippen LogP contribution < -0.4 is 11.1 Å². The number of carbonyl (C=O) groups is 1. The lowest BCUT2D eigenvalue weighted by Gasteiger charge is -2.28. The summed E-state index contributed by atoms with van der Waals surface area (Å²) in [5.74, 6) is 0. The van der Waals surface area contributed by atoms with E-state index in [9.17, 15) is 4.79 Å². The van der Waals surface area contributed by atoms with E-state index in [4.69, 9.17) is 5.73 Å². The molecule has 12 heavy (non-hydrogen) atoms.